The summed E-state index contributed by atoms with van der Waals surface area (Å²) in [5.41, 5.74) is 1.81. The molecule has 1 aliphatic heterocycles. The number of esters is 1. The molecule has 0 atom stereocenters. The summed E-state index contributed by atoms with van der Waals surface area (Å²) in [5.74, 6) is 0.419. The van der Waals surface area contributed by atoms with Crippen LogP contribution in [-0.4, -0.2) is 59.5 Å². The summed E-state index contributed by atoms with van der Waals surface area (Å²) < 4.78 is 4.98. The van der Waals surface area contributed by atoms with Crippen LogP contribution >= 0.6 is 0 Å². The number of fused-ring (bicyclic) bond motifs is 1. The van der Waals surface area contributed by atoms with Crippen molar-refractivity contribution in [2.45, 2.75) is 6.92 Å². The molecule has 0 N–H and O–H groups in total. The van der Waals surface area contributed by atoms with Crippen LogP contribution in [-0.2, 0) is 4.74 Å². The normalized spacial score (nSPS) is 14.1. The summed E-state index contributed by atoms with van der Waals surface area (Å²) in [7, 11) is 0. The topological polar surface area (TPSA) is 75.6 Å². The van der Waals surface area contributed by atoms with Crippen LogP contribution in [0.15, 0.2) is 54.9 Å². The number of anilines is 1. The molecule has 1 aromatic carbocycles. The van der Waals surface area contributed by atoms with Crippen molar-refractivity contribution >= 4 is 28.6 Å². The molecule has 3 heterocycles. The zero-order valence-electron chi connectivity index (χ0n) is 16.2. The molecule has 0 unspecified atom stereocenters. The summed E-state index contributed by atoms with van der Waals surface area (Å²) in [6.07, 6.45) is 3.25. The summed E-state index contributed by atoms with van der Waals surface area (Å²) in [5, 5.41) is 0.961. The Morgan fingerprint density at radius 1 is 1.00 bits per heavy atom. The number of nitrogens with zero attached hydrogens (tertiary/aromatic N) is 4. The molecule has 0 saturated carbocycles. The maximum absolute atomic E-state index is 13.0. The van der Waals surface area contributed by atoms with E-state index in [9.17, 15) is 9.59 Å². The van der Waals surface area contributed by atoms with E-state index in [1.54, 1.807) is 19.2 Å². The molecule has 29 heavy (non-hydrogen) atoms. The fraction of sp³-hybridized carbons (Fsp3) is 0.273. The highest BCUT2D eigenvalue weighted by Crippen LogP contribution is 2.20. The van der Waals surface area contributed by atoms with Gasteiger partial charge in [0.2, 0.25) is 0 Å². The van der Waals surface area contributed by atoms with Crippen molar-refractivity contribution in [2.75, 3.05) is 37.7 Å². The zero-order valence-corrected chi connectivity index (χ0v) is 16.2. The van der Waals surface area contributed by atoms with Crippen LogP contribution in [0.5, 0.6) is 0 Å². The van der Waals surface area contributed by atoms with E-state index >= 15 is 0 Å². The highest BCUT2D eigenvalue weighted by molar-refractivity contribution is 6.05. The summed E-state index contributed by atoms with van der Waals surface area (Å²) >= 11 is 0. The quantitative estimate of drug-likeness (QED) is 0.638. The molecular weight excluding hydrogens is 368 g/mol. The number of aromatic nitrogens is 2. The first-order valence-corrected chi connectivity index (χ1v) is 9.68. The average Bonchev–Trinajstić information content (AvgIpc) is 2.78. The second-order valence-electron chi connectivity index (χ2n) is 6.79. The maximum Gasteiger partial charge on any atom is 0.339 e. The Kier molecular flexibility index (Phi) is 5.37. The molecular formula is C22H22N4O3. The van der Waals surface area contributed by atoms with Crippen LogP contribution in [0.1, 0.15) is 27.6 Å². The van der Waals surface area contributed by atoms with Gasteiger partial charge >= 0.3 is 5.97 Å². The molecule has 1 amide bonds. The number of ether oxygens (including phenoxy) is 1. The highest BCUT2D eigenvalue weighted by Gasteiger charge is 2.24. The van der Waals surface area contributed by atoms with Gasteiger partial charge in [0.1, 0.15) is 5.82 Å². The lowest BCUT2D eigenvalue weighted by molar-refractivity contribution is 0.0525. The monoisotopic (exact) mass is 390 g/mol. The summed E-state index contributed by atoms with van der Waals surface area (Å²) in [6.45, 7) is 4.66. The molecule has 0 radical (unpaired) electrons. The van der Waals surface area contributed by atoms with Gasteiger partial charge in [-0.25, -0.2) is 9.78 Å². The lowest BCUT2D eigenvalue weighted by Crippen LogP contribution is -2.49. The van der Waals surface area contributed by atoms with Gasteiger partial charge in [-0.2, -0.15) is 0 Å². The highest BCUT2D eigenvalue weighted by atomic mass is 16.5. The number of pyridine rings is 2. The minimum atomic E-state index is -0.370. The van der Waals surface area contributed by atoms with Crippen LogP contribution in [0.2, 0.25) is 0 Å². The fourth-order valence-corrected chi connectivity index (χ4v) is 3.49. The van der Waals surface area contributed by atoms with Gasteiger partial charge < -0.3 is 14.5 Å². The lowest BCUT2D eigenvalue weighted by atomic mass is 10.1. The number of hydrogen-bond acceptors (Lipinski definition) is 6. The van der Waals surface area contributed by atoms with Crippen molar-refractivity contribution in [1.29, 1.82) is 0 Å². The number of hydrogen-bond donors (Lipinski definition) is 0. The van der Waals surface area contributed by atoms with Gasteiger partial charge in [0.15, 0.2) is 0 Å². The summed E-state index contributed by atoms with van der Waals surface area (Å²) in [4.78, 5) is 37.5. The third-order valence-electron chi connectivity index (χ3n) is 5.01. The smallest absolute Gasteiger partial charge is 0.339 e. The van der Waals surface area contributed by atoms with Gasteiger partial charge in [-0.1, -0.05) is 18.2 Å². The van der Waals surface area contributed by atoms with Crippen molar-refractivity contribution in [3.8, 4) is 0 Å². The third kappa shape index (κ3) is 3.89. The Balaban J connectivity index is 1.43. The number of rotatable bonds is 4. The van der Waals surface area contributed by atoms with E-state index in [0.29, 0.717) is 43.9 Å². The Hall–Kier alpha value is -3.48. The van der Waals surface area contributed by atoms with E-state index in [2.05, 4.69) is 14.9 Å². The third-order valence-corrected chi connectivity index (χ3v) is 5.01. The number of carbonyl (C=O) groups excluding carboxylic acids is 2. The molecule has 0 aliphatic carbocycles. The number of para-hydroxylation sites is 1. The van der Waals surface area contributed by atoms with Gasteiger partial charge in [-0.3, -0.25) is 9.78 Å². The van der Waals surface area contributed by atoms with Gasteiger partial charge in [0.25, 0.3) is 5.91 Å². The van der Waals surface area contributed by atoms with Gasteiger partial charge in [0, 0.05) is 44.0 Å². The van der Waals surface area contributed by atoms with Gasteiger partial charge in [-0.15, -0.1) is 0 Å². The van der Waals surface area contributed by atoms with E-state index < -0.39 is 0 Å². The predicted molar refractivity (Wildman–Crippen MR) is 110 cm³/mol. The van der Waals surface area contributed by atoms with Crippen molar-refractivity contribution in [3.05, 3.63) is 66.0 Å². The van der Waals surface area contributed by atoms with Crippen molar-refractivity contribution in [2.24, 2.45) is 0 Å². The minimum absolute atomic E-state index is 0.000400. The van der Waals surface area contributed by atoms with Crippen LogP contribution in [0, 0.1) is 0 Å². The molecule has 4 rings (SSSR count). The van der Waals surface area contributed by atoms with Gasteiger partial charge in [-0.05, 0) is 31.2 Å². The van der Waals surface area contributed by atoms with E-state index in [-0.39, 0.29) is 11.9 Å². The summed E-state index contributed by atoms with van der Waals surface area (Å²) in [6, 6.07) is 13.1. The molecule has 1 fully saturated rings. The minimum Gasteiger partial charge on any atom is -0.462 e. The second kappa shape index (κ2) is 8.26. The molecule has 1 aliphatic rings. The van der Waals surface area contributed by atoms with Crippen LogP contribution in [0.25, 0.3) is 10.9 Å². The largest absolute Gasteiger partial charge is 0.462 e. The Labute approximate surface area is 168 Å². The standard InChI is InChI=1S/C22H22N4O3/c1-2-29-22(28)17-8-9-19(24-15-17)25-11-13-26(14-12-25)21(27)18-7-3-5-16-6-4-10-23-20(16)18/h3-10,15H,2,11-14H2,1H3. The van der Waals surface area contributed by atoms with Crippen molar-refractivity contribution in [3.63, 3.8) is 0 Å². The maximum atomic E-state index is 13.0. The van der Waals surface area contributed by atoms with E-state index in [1.165, 1.54) is 6.20 Å². The molecule has 3 aromatic rings. The SMILES string of the molecule is CCOC(=O)c1ccc(N2CCN(C(=O)c3cccc4cccnc34)CC2)nc1. The van der Waals surface area contributed by atoms with Crippen LogP contribution < -0.4 is 4.90 Å². The predicted octanol–water partition coefficient (Wildman–Crippen LogP) is 2.77. The van der Waals surface area contributed by atoms with E-state index in [1.807, 2.05) is 41.3 Å². The molecule has 2 aromatic heterocycles. The first-order chi connectivity index (χ1) is 14.2. The van der Waals surface area contributed by atoms with E-state index in [0.717, 1.165) is 16.7 Å². The second-order valence-corrected chi connectivity index (χ2v) is 6.79. The molecule has 0 spiro atoms. The Morgan fingerprint density at radius 2 is 1.79 bits per heavy atom. The zero-order chi connectivity index (χ0) is 20.2. The van der Waals surface area contributed by atoms with Crippen molar-refractivity contribution in [1.82, 2.24) is 14.9 Å². The molecule has 1 saturated heterocycles. The number of carbonyl (C=O) groups is 2. The van der Waals surface area contributed by atoms with Crippen LogP contribution in [0.4, 0.5) is 5.82 Å². The van der Waals surface area contributed by atoms with E-state index in [4.69, 9.17) is 4.74 Å². The van der Waals surface area contributed by atoms with Crippen molar-refractivity contribution < 1.29 is 14.3 Å². The Morgan fingerprint density at radius 3 is 2.52 bits per heavy atom. The molecule has 7 heteroatoms. The lowest BCUT2D eigenvalue weighted by Gasteiger charge is -2.35. The number of benzene rings is 1. The van der Waals surface area contributed by atoms with Crippen LogP contribution in [0.3, 0.4) is 0 Å². The molecule has 7 nitrogen and oxygen atoms in total. The number of amides is 1. The fourth-order valence-electron chi connectivity index (χ4n) is 3.49. The first-order valence-electron chi connectivity index (χ1n) is 9.68. The number of piperazine rings is 1. The molecule has 0 bridgehead atoms. The first kappa shape index (κ1) is 18.9. The molecule has 148 valence electrons. The van der Waals surface area contributed by atoms with Gasteiger partial charge in [0.05, 0.1) is 23.3 Å². The average molecular weight is 390 g/mol. The Bertz CT molecular complexity index is 1020.